The lowest BCUT2D eigenvalue weighted by atomic mass is 10.1. The van der Waals surface area contributed by atoms with Crippen LogP contribution in [0.5, 0.6) is 0 Å². The number of aryl methyl sites for hydroxylation is 1. The molecule has 0 aliphatic carbocycles. The van der Waals surface area contributed by atoms with Crippen molar-refractivity contribution >= 4 is 35.8 Å². The van der Waals surface area contributed by atoms with E-state index in [1.54, 1.807) is 19.0 Å². The summed E-state index contributed by atoms with van der Waals surface area (Å²) in [6.45, 7) is 7.23. The number of halogens is 1. The topological polar surface area (TPSA) is 47.9 Å². The molecule has 0 fully saturated rings. The van der Waals surface area contributed by atoms with Gasteiger partial charge in [-0.25, -0.2) is 4.99 Å². The molecule has 0 spiro atoms. The average Bonchev–Trinajstić information content (AvgIpc) is 2.52. The lowest BCUT2D eigenvalue weighted by molar-refractivity contribution is -0.127. The average molecular weight is 446 g/mol. The van der Waals surface area contributed by atoms with Crippen molar-refractivity contribution in [1.82, 2.24) is 15.1 Å². The molecule has 1 rings (SSSR count). The van der Waals surface area contributed by atoms with Crippen LogP contribution in [-0.4, -0.2) is 55.4 Å². The third-order valence-corrected chi connectivity index (χ3v) is 3.75. The molecule has 0 saturated carbocycles. The molecule has 1 unspecified atom stereocenters. The highest BCUT2D eigenvalue weighted by molar-refractivity contribution is 14.0. The number of likely N-dealkylation sites (N-methyl/N-ethyl adjacent to an activating group) is 1. The van der Waals surface area contributed by atoms with Gasteiger partial charge in [-0.1, -0.05) is 36.8 Å². The first-order valence-electron chi connectivity index (χ1n) is 8.11. The molecule has 0 bridgehead atoms. The van der Waals surface area contributed by atoms with Gasteiger partial charge in [0.25, 0.3) is 0 Å². The van der Waals surface area contributed by atoms with E-state index in [0.29, 0.717) is 6.04 Å². The maximum Gasteiger partial charge on any atom is 0.243 e. The van der Waals surface area contributed by atoms with E-state index in [2.05, 4.69) is 60.2 Å². The summed E-state index contributed by atoms with van der Waals surface area (Å²) in [5.74, 6) is 0.757. The third kappa shape index (κ3) is 7.99. The number of hydrogen-bond donors (Lipinski definition) is 1. The Balaban J connectivity index is 0.00000529. The van der Waals surface area contributed by atoms with Gasteiger partial charge in [-0.2, -0.15) is 0 Å². The van der Waals surface area contributed by atoms with Crippen LogP contribution in [0.4, 0.5) is 0 Å². The third-order valence-electron chi connectivity index (χ3n) is 3.75. The van der Waals surface area contributed by atoms with Gasteiger partial charge in [0.05, 0.1) is 0 Å². The Morgan fingerprint density at radius 1 is 1.21 bits per heavy atom. The van der Waals surface area contributed by atoms with Crippen LogP contribution < -0.4 is 5.32 Å². The summed E-state index contributed by atoms with van der Waals surface area (Å²) in [7, 11) is 5.49. The summed E-state index contributed by atoms with van der Waals surface area (Å²) in [4.78, 5) is 19.9. The number of hydrogen-bond acceptors (Lipinski definition) is 2. The molecule has 0 radical (unpaired) electrons. The van der Waals surface area contributed by atoms with Crippen LogP contribution in [0.3, 0.4) is 0 Å². The fourth-order valence-corrected chi connectivity index (χ4v) is 1.93. The van der Waals surface area contributed by atoms with E-state index in [0.717, 1.165) is 18.9 Å². The van der Waals surface area contributed by atoms with Gasteiger partial charge in [0.2, 0.25) is 5.91 Å². The van der Waals surface area contributed by atoms with Gasteiger partial charge in [-0.05, 0) is 25.8 Å². The lowest BCUT2D eigenvalue weighted by Crippen LogP contribution is -2.43. The van der Waals surface area contributed by atoms with Crippen LogP contribution in [0.1, 0.15) is 31.4 Å². The fourth-order valence-electron chi connectivity index (χ4n) is 1.93. The summed E-state index contributed by atoms with van der Waals surface area (Å²) in [5, 5.41) is 3.40. The largest absolute Gasteiger partial charge is 0.354 e. The number of carbonyl (C=O) groups excluding carboxylic acids is 1. The van der Waals surface area contributed by atoms with Gasteiger partial charge < -0.3 is 15.1 Å². The number of guanidine groups is 1. The lowest BCUT2D eigenvalue weighted by Gasteiger charge is -2.25. The van der Waals surface area contributed by atoms with Crippen molar-refractivity contribution in [2.75, 3.05) is 27.7 Å². The van der Waals surface area contributed by atoms with Crippen molar-refractivity contribution in [1.29, 1.82) is 0 Å². The van der Waals surface area contributed by atoms with Crippen LogP contribution in [0.2, 0.25) is 0 Å². The van der Waals surface area contributed by atoms with Gasteiger partial charge in [0, 0.05) is 33.7 Å². The zero-order valence-electron chi connectivity index (χ0n) is 15.7. The quantitative estimate of drug-likeness (QED) is 0.416. The van der Waals surface area contributed by atoms with Crippen LogP contribution in [-0.2, 0) is 11.3 Å². The molecular formula is C18H31IN4O. The van der Waals surface area contributed by atoms with Crippen molar-refractivity contribution < 1.29 is 4.79 Å². The Bertz CT molecular complexity index is 528. The number of nitrogens with one attached hydrogen (secondary N) is 1. The minimum absolute atomic E-state index is 0. The molecule has 0 aromatic heterocycles. The number of carbonyl (C=O) groups is 1. The molecule has 0 aliphatic heterocycles. The Labute approximate surface area is 163 Å². The van der Waals surface area contributed by atoms with E-state index in [-0.39, 0.29) is 36.4 Å². The minimum atomic E-state index is -0.00260. The summed E-state index contributed by atoms with van der Waals surface area (Å²) < 4.78 is 0. The summed E-state index contributed by atoms with van der Waals surface area (Å²) in [6.07, 6.45) is 0.999. The number of rotatable bonds is 6. The van der Waals surface area contributed by atoms with Crippen molar-refractivity contribution in [3.63, 3.8) is 0 Å². The molecule has 0 heterocycles. The summed E-state index contributed by atoms with van der Waals surface area (Å²) in [6, 6.07) is 8.77. The van der Waals surface area contributed by atoms with E-state index >= 15 is 0 Å². The normalized spacial score (nSPS) is 12.2. The molecular weight excluding hydrogens is 415 g/mol. The van der Waals surface area contributed by atoms with Gasteiger partial charge in [-0.3, -0.25) is 4.79 Å². The summed E-state index contributed by atoms with van der Waals surface area (Å²) in [5.41, 5.74) is 2.47. The number of benzene rings is 1. The van der Waals surface area contributed by atoms with Crippen LogP contribution in [0.25, 0.3) is 0 Å². The second-order valence-corrected chi connectivity index (χ2v) is 6.22. The second kappa shape index (κ2) is 11.3. The minimum Gasteiger partial charge on any atom is -0.354 e. The maximum atomic E-state index is 11.8. The fraction of sp³-hybridized carbons (Fsp3) is 0.556. The van der Waals surface area contributed by atoms with E-state index in [1.165, 1.54) is 11.1 Å². The smallest absolute Gasteiger partial charge is 0.243 e. The number of amides is 1. The molecule has 24 heavy (non-hydrogen) atoms. The Morgan fingerprint density at radius 3 is 2.29 bits per heavy atom. The zero-order valence-corrected chi connectivity index (χ0v) is 18.0. The first-order valence-corrected chi connectivity index (χ1v) is 8.11. The molecule has 0 saturated heterocycles. The zero-order chi connectivity index (χ0) is 17.4. The number of nitrogens with zero attached hydrogens (tertiary/aromatic N) is 3. The van der Waals surface area contributed by atoms with Gasteiger partial charge in [0.1, 0.15) is 6.54 Å². The molecule has 1 amide bonds. The standard InChI is InChI=1S/C18H30N4O.HI/c1-7-15(3)20-18(19-12-17(23)21(4)5)22(6)13-16-10-8-14(2)9-11-16;/h8-11,15H,7,12-13H2,1-6H3,(H,19,20);1H. The van der Waals surface area contributed by atoms with Crippen molar-refractivity contribution in [2.24, 2.45) is 4.99 Å². The molecule has 1 aromatic carbocycles. The van der Waals surface area contributed by atoms with E-state index in [9.17, 15) is 4.79 Å². The van der Waals surface area contributed by atoms with Crippen molar-refractivity contribution in [3.05, 3.63) is 35.4 Å². The first-order chi connectivity index (χ1) is 10.8. The molecule has 0 aliphatic rings. The molecule has 136 valence electrons. The molecule has 1 atom stereocenters. The Hall–Kier alpha value is -1.31. The SMILES string of the molecule is CCC(C)NC(=NCC(=O)N(C)C)N(C)Cc1ccc(C)cc1.I. The van der Waals surface area contributed by atoms with Gasteiger partial charge in [0.15, 0.2) is 5.96 Å². The molecule has 5 nitrogen and oxygen atoms in total. The highest BCUT2D eigenvalue weighted by Gasteiger charge is 2.11. The summed E-state index contributed by atoms with van der Waals surface area (Å²) >= 11 is 0. The van der Waals surface area contributed by atoms with Crippen molar-refractivity contribution in [3.8, 4) is 0 Å². The highest BCUT2D eigenvalue weighted by Crippen LogP contribution is 2.06. The van der Waals surface area contributed by atoms with E-state index < -0.39 is 0 Å². The monoisotopic (exact) mass is 446 g/mol. The Kier molecular flexibility index (Phi) is 10.7. The van der Waals surface area contributed by atoms with E-state index in [1.807, 2.05) is 7.05 Å². The second-order valence-electron chi connectivity index (χ2n) is 6.22. The van der Waals surface area contributed by atoms with Crippen molar-refractivity contribution in [2.45, 2.75) is 39.8 Å². The predicted molar refractivity (Wildman–Crippen MR) is 112 cm³/mol. The molecule has 1 aromatic rings. The predicted octanol–water partition coefficient (Wildman–Crippen LogP) is 2.88. The van der Waals surface area contributed by atoms with Crippen LogP contribution in [0.15, 0.2) is 29.3 Å². The van der Waals surface area contributed by atoms with Gasteiger partial charge >= 0.3 is 0 Å². The first kappa shape index (κ1) is 22.7. The van der Waals surface area contributed by atoms with Gasteiger partial charge in [-0.15, -0.1) is 24.0 Å². The number of aliphatic imine (C=N–C) groups is 1. The maximum absolute atomic E-state index is 11.8. The molecule has 1 N–H and O–H groups in total. The Morgan fingerprint density at radius 2 is 1.79 bits per heavy atom. The van der Waals surface area contributed by atoms with E-state index in [4.69, 9.17) is 0 Å². The van der Waals surface area contributed by atoms with Crippen LogP contribution in [0, 0.1) is 6.92 Å². The molecule has 6 heteroatoms. The van der Waals surface area contributed by atoms with Crippen LogP contribution >= 0.6 is 24.0 Å². The highest BCUT2D eigenvalue weighted by atomic mass is 127.